The maximum Gasteiger partial charge on any atom is 0.294 e. The fourth-order valence-corrected chi connectivity index (χ4v) is 3.28. The molecular formula is C16H29NO3S. The first-order valence-corrected chi connectivity index (χ1v) is 9.03. The van der Waals surface area contributed by atoms with Crippen molar-refractivity contribution < 1.29 is 13.0 Å². The first-order chi connectivity index (χ1) is 9.50. The Morgan fingerprint density at radius 2 is 1.52 bits per heavy atom. The first kappa shape index (κ1) is 20.1. The smallest absolute Gasteiger partial charge is 0.294 e. The topological polar surface area (TPSA) is 89.4 Å². The molecule has 0 fully saturated rings. The second-order valence-corrected chi connectivity index (χ2v) is 6.67. The predicted molar refractivity (Wildman–Crippen MR) is 87.7 cm³/mol. The highest BCUT2D eigenvalue weighted by molar-refractivity contribution is 7.85. The fourth-order valence-electron chi connectivity index (χ4n) is 2.49. The normalized spacial score (nSPS) is 11.2. The molecule has 1 rings (SSSR count). The van der Waals surface area contributed by atoms with Crippen LogP contribution in [0.1, 0.15) is 63.5 Å². The average Bonchev–Trinajstić information content (AvgIpc) is 2.39. The van der Waals surface area contributed by atoms with Gasteiger partial charge in [0.15, 0.2) is 0 Å². The number of aryl methyl sites for hydroxylation is 1. The van der Waals surface area contributed by atoms with Crippen molar-refractivity contribution in [2.24, 2.45) is 0 Å². The molecule has 0 aliphatic carbocycles. The number of hydrogen-bond acceptors (Lipinski definition) is 3. The van der Waals surface area contributed by atoms with Gasteiger partial charge in [0.05, 0.1) is 4.90 Å². The molecule has 0 saturated heterocycles. The molecule has 1 aromatic rings. The van der Waals surface area contributed by atoms with Gasteiger partial charge >= 0.3 is 0 Å². The number of unbranched alkanes of at least 4 members (excludes halogenated alkanes) is 4. The summed E-state index contributed by atoms with van der Waals surface area (Å²) in [5.74, 6) is 0. The van der Waals surface area contributed by atoms with E-state index in [1.165, 1.54) is 6.07 Å². The molecule has 0 saturated carbocycles. The monoisotopic (exact) mass is 315 g/mol. The van der Waals surface area contributed by atoms with E-state index in [1.54, 1.807) is 6.07 Å². The maximum absolute atomic E-state index is 11.5. The molecule has 0 radical (unpaired) electrons. The Hall–Kier alpha value is -0.910. The van der Waals surface area contributed by atoms with Crippen LogP contribution >= 0.6 is 0 Å². The van der Waals surface area contributed by atoms with Gasteiger partial charge in [0, 0.05) is 0 Å². The Kier molecular flexibility index (Phi) is 9.49. The third-order valence-electron chi connectivity index (χ3n) is 3.59. The third kappa shape index (κ3) is 6.59. The standard InChI is InChI=1S/C16H26O3S.H3N/c1-3-5-7-10-14-11-9-13-16(20(17,18)19)15(14)12-8-6-4-2;/h9,11,13H,3-8,10,12H2,1-2H3,(H,17,18,19);1H3. The van der Waals surface area contributed by atoms with E-state index in [0.29, 0.717) is 0 Å². The van der Waals surface area contributed by atoms with Crippen molar-refractivity contribution in [1.29, 1.82) is 0 Å². The van der Waals surface area contributed by atoms with Crippen molar-refractivity contribution in [3.8, 4) is 0 Å². The highest BCUT2D eigenvalue weighted by Gasteiger charge is 2.17. The lowest BCUT2D eigenvalue weighted by Gasteiger charge is -2.13. The number of hydrogen-bond donors (Lipinski definition) is 2. The zero-order chi connectivity index (χ0) is 15.0. The van der Waals surface area contributed by atoms with E-state index in [-0.39, 0.29) is 11.0 Å². The van der Waals surface area contributed by atoms with Crippen LogP contribution in [0.3, 0.4) is 0 Å². The Morgan fingerprint density at radius 1 is 0.952 bits per heavy atom. The van der Waals surface area contributed by atoms with Crippen molar-refractivity contribution in [3.05, 3.63) is 29.3 Å². The molecule has 21 heavy (non-hydrogen) atoms. The Morgan fingerprint density at radius 3 is 2.05 bits per heavy atom. The number of benzene rings is 1. The Bertz CT molecular complexity index is 512. The molecule has 5 heteroatoms. The van der Waals surface area contributed by atoms with Crippen LogP contribution in [-0.4, -0.2) is 13.0 Å². The van der Waals surface area contributed by atoms with Crippen LogP contribution < -0.4 is 6.15 Å². The summed E-state index contributed by atoms with van der Waals surface area (Å²) in [7, 11) is -4.12. The summed E-state index contributed by atoms with van der Waals surface area (Å²) in [6.07, 6.45) is 8.10. The third-order valence-corrected chi connectivity index (χ3v) is 4.53. The van der Waals surface area contributed by atoms with E-state index >= 15 is 0 Å². The van der Waals surface area contributed by atoms with Crippen molar-refractivity contribution in [2.45, 2.75) is 70.1 Å². The van der Waals surface area contributed by atoms with Gasteiger partial charge in [-0.2, -0.15) is 8.42 Å². The highest BCUT2D eigenvalue weighted by Crippen LogP contribution is 2.24. The van der Waals surface area contributed by atoms with Crippen molar-refractivity contribution in [3.63, 3.8) is 0 Å². The zero-order valence-electron chi connectivity index (χ0n) is 13.3. The van der Waals surface area contributed by atoms with Gasteiger partial charge in [-0.1, -0.05) is 51.7 Å². The molecule has 0 atom stereocenters. The van der Waals surface area contributed by atoms with E-state index in [2.05, 4.69) is 13.8 Å². The average molecular weight is 315 g/mol. The molecule has 0 amide bonds. The molecule has 1 aromatic carbocycles. The summed E-state index contributed by atoms with van der Waals surface area (Å²) in [5, 5.41) is 0. The largest absolute Gasteiger partial charge is 0.344 e. The van der Waals surface area contributed by atoms with Crippen LogP contribution in [0.4, 0.5) is 0 Å². The molecule has 4 N–H and O–H groups in total. The van der Waals surface area contributed by atoms with Gasteiger partial charge in [0.1, 0.15) is 0 Å². The SMILES string of the molecule is CCCCCc1cccc(S(=O)(=O)O)c1CCCCC.N. The minimum absolute atomic E-state index is 0. The van der Waals surface area contributed by atoms with Gasteiger partial charge < -0.3 is 6.15 Å². The molecule has 0 aliphatic rings. The Labute approximate surface area is 129 Å². The molecule has 0 spiro atoms. The maximum atomic E-state index is 11.5. The van der Waals surface area contributed by atoms with Gasteiger partial charge in [-0.05, 0) is 42.9 Å². The summed E-state index contributed by atoms with van der Waals surface area (Å²) < 4.78 is 32.4. The van der Waals surface area contributed by atoms with Crippen molar-refractivity contribution >= 4 is 10.1 Å². The summed E-state index contributed by atoms with van der Waals surface area (Å²) in [4.78, 5) is 0.0996. The number of rotatable bonds is 9. The molecule has 0 aliphatic heterocycles. The molecule has 0 aromatic heterocycles. The van der Waals surface area contributed by atoms with Crippen molar-refractivity contribution in [1.82, 2.24) is 6.15 Å². The summed E-state index contributed by atoms with van der Waals surface area (Å²) in [6.45, 7) is 4.27. The van der Waals surface area contributed by atoms with Crippen LogP contribution in [0.5, 0.6) is 0 Å². The lowest BCUT2D eigenvalue weighted by molar-refractivity contribution is 0.481. The van der Waals surface area contributed by atoms with Crippen LogP contribution in [0.2, 0.25) is 0 Å². The van der Waals surface area contributed by atoms with E-state index in [1.807, 2.05) is 6.07 Å². The molecule has 122 valence electrons. The molecule has 0 unspecified atom stereocenters. The molecular weight excluding hydrogens is 286 g/mol. The Balaban J connectivity index is 0.00000400. The quantitative estimate of drug-likeness (QED) is 0.516. The molecule has 0 heterocycles. The fraction of sp³-hybridized carbons (Fsp3) is 0.625. The van der Waals surface area contributed by atoms with E-state index in [9.17, 15) is 13.0 Å². The first-order valence-electron chi connectivity index (χ1n) is 7.59. The van der Waals surface area contributed by atoms with Gasteiger partial charge in [-0.25, -0.2) is 0 Å². The minimum atomic E-state index is -4.12. The van der Waals surface area contributed by atoms with Gasteiger partial charge in [0.25, 0.3) is 10.1 Å². The second kappa shape index (κ2) is 9.92. The lowest BCUT2D eigenvalue weighted by Crippen LogP contribution is -2.07. The van der Waals surface area contributed by atoms with E-state index < -0.39 is 10.1 Å². The van der Waals surface area contributed by atoms with Crippen LogP contribution in [0.25, 0.3) is 0 Å². The molecule has 4 nitrogen and oxygen atoms in total. The van der Waals surface area contributed by atoms with E-state index in [4.69, 9.17) is 0 Å². The highest BCUT2D eigenvalue weighted by atomic mass is 32.2. The lowest BCUT2D eigenvalue weighted by atomic mass is 9.97. The van der Waals surface area contributed by atoms with Gasteiger partial charge in [0.2, 0.25) is 0 Å². The second-order valence-electron chi connectivity index (χ2n) is 5.28. The van der Waals surface area contributed by atoms with Crippen LogP contribution in [0, 0.1) is 0 Å². The van der Waals surface area contributed by atoms with E-state index in [0.717, 1.165) is 62.5 Å². The summed E-state index contributed by atoms with van der Waals surface area (Å²) in [5.41, 5.74) is 1.89. The van der Waals surface area contributed by atoms with Crippen LogP contribution in [-0.2, 0) is 23.0 Å². The van der Waals surface area contributed by atoms with Gasteiger partial charge in [-0.3, -0.25) is 4.55 Å². The zero-order valence-corrected chi connectivity index (χ0v) is 14.1. The van der Waals surface area contributed by atoms with Crippen LogP contribution in [0.15, 0.2) is 23.1 Å². The predicted octanol–water partition coefficient (Wildman–Crippen LogP) is 4.56. The summed E-state index contributed by atoms with van der Waals surface area (Å²) >= 11 is 0. The van der Waals surface area contributed by atoms with Gasteiger partial charge in [-0.15, -0.1) is 0 Å². The molecule has 0 bridgehead atoms. The summed E-state index contributed by atoms with van der Waals surface area (Å²) in [6, 6.07) is 5.24. The van der Waals surface area contributed by atoms with Crippen molar-refractivity contribution in [2.75, 3.05) is 0 Å². The minimum Gasteiger partial charge on any atom is -0.344 e.